The molecule has 5 heteroatoms. The molecule has 4 unspecified atom stereocenters. The van der Waals surface area contributed by atoms with Crippen LogP contribution in [0.1, 0.15) is 27.2 Å². The Morgan fingerprint density at radius 2 is 2.17 bits per heavy atom. The lowest BCUT2D eigenvalue weighted by atomic mass is 10.1. The molecule has 1 rings (SSSR count). The first kappa shape index (κ1) is 15.9. The molecule has 1 saturated heterocycles. The zero-order chi connectivity index (χ0) is 13.4. The highest BCUT2D eigenvalue weighted by Gasteiger charge is 2.17. The zero-order valence-corrected chi connectivity index (χ0v) is 11.8. The van der Waals surface area contributed by atoms with Crippen LogP contribution in [0.3, 0.4) is 0 Å². The number of hydrogen-bond donors (Lipinski definition) is 3. The third kappa shape index (κ3) is 6.66. The number of ether oxygens (including phenoxy) is 2. The molecule has 18 heavy (non-hydrogen) atoms. The minimum Gasteiger partial charge on any atom is -0.395 e. The lowest BCUT2D eigenvalue weighted by molar-refractivity contribution is 0.0320. The molecule has 1 heterocycles. The number of hydrogen-bond acceptors (Lipinski definition) is 5. The highest BCUT2D eigenvalue weighted by atomic mass is 16.5. The lowest BCUT2D eigenvalue weighted by Crippen LogP contribution is -2.47. The standard InChI is InChI=1S/C13H28N2O3/c1-10(6-16)14-11(2)7-17-5-4-13-9-18-8-12(3)15-13/h10-16H,4-9H2,1-3H3. The van der Waals surface area contributed by atoms with E-state index < -0.39 is 0 Å². The number of aliphatic hydroxyl groups excluding tert-OH is 1. The fourth-order valence-corrected chi connectivity index (χ4v) is 2.12. The minimum absolute atomic E-state index is 0.123. The summed E-state index contributed by atoms with van der Waals surface area (Å²) in [6.45, 7) is 9.32. The van der Waals surface area contributed by atoms with Crippen molar-refractivity contribution in [3.63, 3.8) is 0 Å². The average molecular weight is 260 g/mol. The molecule has 0 amide bonds. The van der Waals surface area contributed by atoms with Gasteiger partial charge in [-0.3, -0.25) is 0 Å². The van der Waals surface area contributed by atoms with Crippen LogP contribution in [0.2, 0.25) is 0 Å². The molecule has 0 bridgehead atoms. The van der Waals surface area contributed by atoms with E-state index in [1.54, 1.807) is 0 Å². The van der Waals surface area contributed by atoms with Crippen LogP contribution in [0.4, 0.5) is 0 Å². The Labute approximate surface area is 110 Å². The van der Waals surface area contributed by atoms with E-state index in [1.165, 1.54) is 0 Å². The van der Waals surface area contributed by atoms with Gasteiger partial charge in [-0.25, -0.2) is 0 Å². The first-order valence-electron chi connectivity index (χ1n) is 6.90. The molecule has 0 aromatic carbocycles. The summed E-state index contributed by atoms with van der Waals surface area (Å²) >= 11 is 0. The fraction of sp³-hybridized carbons (Fsp3) is 1.00. The maximum Gasteiger partial charge on any atom is 0.0621 e. The molecule has 0 aliphatic carbocycles. The fourth-order valence-electron chi connectivity index (χ4n) is 2.12. The summed E-state index contributed by atoms with van der Waals surface area (Å²) < 4.78 is 11.1. The van der Waals surface area contributed by atoms with E-state index in [2.05, 4.69) is 24.5 Å². The van der Waals surface area contributed by atoms with Gasteiger partial charge in [0, 0.05) is 30.8 Å². The second kappa shape index (κ2) is 8.82. The third-order valence-corrected chi connectivity index (χ3v) is 3.03. The highest BCUT2D eigenvalue weighted by molar-refractivity contribution is 4.75. The van der Waals surface area contributed by atoms with E-state index in [9.17, 15) is 0 Å². The van der Waals surface area contributed by atoms with Crippen molar-refractivity contribution in [1.29, 1.82) is 0 Å². The molecular formula is C13H28N2O3. The normalized spacial score (nSPS) is 28.0. The van der Waals surface area contributed by atoms with Gasteiger partial charge in [-0.2, -0.15) is 0 Å². The molecule has 1 fully saturated rings. The Morgan fingerprint density at radius 1 is 1.39 bits per heavy atom. The summed E-state index contributed by atoms with van der Waals surface area (Å²) in [7, 11) is 0. The Kier molecular flexibility index (Phi) is 7.77. The smallest absolute Gasteiger partial charge is 0.0621 e. The Morgan fingerprint density at radius 3 is 2.83 bits per heavy atom. The molecular weight excluding hydrogens is 232 g/mol. The van der Waals surface area contributed by atoms with Crippen LogP contribution in [0, 0.1) is 0 Å². The van der Waals surface area contributed by atoms with E-state index in [4.69, 9.17) is 14.6 Å². The first-order chi connectivity index (χ1) is 8.61. The van der Waals surface area contributed by atoms with Gasteiger partial charge in [0.15, 0.2) is 0 Å². The van der Waals surface area contributed by atoms with Gasteiger partial charge in [0.05, 0.1) is 26.4 Å². The lowest BCUT2D eigenvalue weighted by Gasteiger charge is -2.29. The zero-order valence-electron chi connectivity index (χ0n) is 11.8. The summed E-state index contributed by atoms with van der Waals surface area (Å²) in [4.78, 5) is 0. The van der Waals surface area contributed by atoms with Crippen LogP contribution in [-0.4, -0.2) is 62.3 Å². The van der Waals surface area contributed by atoms with Gasteiger partial charge < -0.3 is 25.2 Å². The van der Waals surface area contributed by atoms with Crippen molar-refractivity contribution < 1.29 is 14.6 Å². The Balaban J connectivity index is 2.00. The molecule has 1 aliphatic rings. The van der Waals surface area contributed by atoms with Gasteiger partial charge in [0.25, 0.3) is 0 Å². The third-order valence-electron chi connectivity index (χ3n) is 3.03. The SMILES string of the molecule is CC(CO)NC(C)COCCC1COCC(C)N1. The van der Waals surface area contributed by atoms with Gasteiger partial charge in [0.2, 0.25) is 0 Å². The summed E-state index contributed by atoms with van der Waals surface area (Å²) in [5, 5.41) is 15.7. The summed E-state index contributed by atoms with van der Waals surface area (Å²) in [6.07, 6.45) is 0.979. The first-order valence-corrected chi connectivity index (χ1v) is 6.90. The van der Waals surface area contributed by atoms with Crippen LogP contribution in [0.25, 0.3) is 0 Å². The molecule has 0 saturated carbocycles. The quantitative estimate of drug-likeness (QED) is 0.542. The van der Waals surface area contributed by atoms with Crippen molar-refractivity contribution in [3.05, 3.63) is 0 Å². The highest BCUT2D eigenvalue weighted by Crippen LogP contribution is 2.03. The van der Waals surface area contributed by atoms with Gasteiger partial charge in [-0.05, 0) is 27.2 Å². The molecule has 5 nitrogen and oxygen atoms in total. The number of nitrogens with one attached hydrogen (secondary N) is 2. The second-order valence-corrected chi connectivity index (χ2v) is 5.32. The van der Waals surface area contributed by atoms with Crippen molar-refractivity contribution in [3.8, 4) is 0 Å². The van der Waals surface area contributed by atoms with E-state index >= 15 is 0 Å². The number of aliphatic hydroxyl groups is 1. The molecule has 0 spiro atoms. The van der Waals surface area contributed by atoms with Gasteiger partial charge >= 0.3 is 0 Å². The van der Waals surface area contributed by atoms with E-state index in [0.29, 0.717) is 18.7 Å². The van der Waals surface area contributed by atoms with Crippen molar-refractivity contribution in [2.75, 3.05) is 33.0 Å². The van der Waals surface area contributed by atoms with E-state index in [1.807, 2.05) is 6.92 Å². The van der Waals surface area contributed by atoms with Gasteiger partial charge in [0.1, 0.15) is 0 Å². The van der Waals surface area contributed by atoms with Gasteiger partial charge in [-0.15, -0.1) is 0 Å². The van der Waals surface area contributed by atoms with Crippen molar-refractivity contribution >= 4 is 0 Å². The molecule has 0 radical (unpaired) electrons. The number of rotatable bonds is 8. The Hall–Kier alpha value is -0.200. The summed E-state index contributed by atoms with van der Waals surface area (Å²) in [5.41, 5.74) is 0. The maximum absolute atomic E-state index is 8.92. The largest absolute Gasteiger partial charge is 0.395 e. The molecule has 4 atom stereocenters. The predicted molar refractivity (Wildman–Crippen MR) is 71.8 cm³/mol. The molecule has 3 N–H and O–H groups in total. The monoisotopic (exact) mass is 260 g/mol. The van der Waals surface area contributed by atoms with E-state index in [-0.39, 0.29) is 18.7 Å². The number of morpholine rings is 1. The topological polar surface area (TPSA) is 62.8 Å². The van der Waals surface area contributed by atoms with Crippen LogP contribution >= 0.6 is 0 Å². The minimum atomic E-state index is 0.123. The molecule has 1 aliphatic heterocycles. The average Bonchev–Trinajstić information content (AvgIpc) is 2.34. The van der Waals surface area contributed by atoms with Crippen LogP contribution in [0.15, 0.2) is 0 Å². The van der Waals surface area contributed by atoms with Crippen LogP contribution < -0.4 is 10.6 Å². The van der Waals surface area contributed by atoms with Crippen molar-refractivity contribution in [2.24, 2.45) is 0 Å². The van der Waals surface area contributed by atoms with Crippen LogP contribution in [0.5, 0.6) is 0 Å². The molecule has 0 aromatic rings. The van der Waals surface area contributed by atoms with Crippen LogP contribution in [-0.2, 0) is 9.47 Å². The van der Waals surface area contributed by atoms with E-state index in [0.717, 1.165) is 26.2 Å². The van der Waals surface area contributed by atoms with Crippen molar-refractivity contribution in [1.82, 2.24) is 10.6 Å². The van der Waals surface area contributed by atoms with Crippen molar-refractivity contribution in [2.45, 2.75) is 51.4 Å². The second-order valence-electron chi connectivity index (χ2n) is 5.32. The summed E-state index contributed by atoms with van der Waals surface area (Å²) in [5.74, 6) is 0. The predicted octanol–water partition coefficient (Wildman–Crippen LogP) is 0.129. The molecule has 108 valence electrons. The van der Waals surface area contributed by atoms with Gasteiger partial charge in [-0.1, -0.05) is 0 Å². The summed E-state index contributed by atoms with van der Waals surface area (Å²) in [6, 6.07) is 1.24. The maximum atomic E-state index is 8.92. The molecule has 0 aromatic heterocycles. The Bertz CT molecular complexity index is 216.